The van der Waals surface area contributed by atoms with E-state index in [1.165, 1.54) is 6.26 Å². The molecule has 1 unspecified atom stereocenters. The molecule has 2 N–H and O–H groups in total. The number of nitrogens with zero attached hydrogens (tertiary/aromatic N) is 1. The van der Waals surface area contributed by atoms with Crippen LogP contribution in [0.2, 0.25) is 5.02 Å². The molecular formula is C19H23ClF3N3O2S. The largest absolute Gasteiger partial charge is 0.391 e. The number of H-pyrrole nitrogens is 1. The van der Waals surface area contributed by atoms with Gasteiger partial charge in [-0.05, 0) is 50.3 Å². The summed E-state index contributed by atoms with van der Waals surface area (Å²) in [6.07, 6.45) is -3.35. The highest BCUT2D eigenvalue weighted by Crippen LogP contribution is 2.40. The predicted molar refractivity (Wildman–Crippen MR) is 105 cm³/mol. The zero-order valence-corrected chi connectivity index (χ0v) is 17.6. The molecule has 2 aromatic rings. The Kier molecular flexibility index (Phi) is 6.31. The van der Waals surface area contributed by atoms with Crippen molar-refractivity contribution in [3.05, 3.63) is 46.4 Å². The fourth-order valence-electron chi connectivity index (χ4n) is 3.66. The van der Waals surface area contributed by atoms with Gasteiger partial charge in [-0.2, -0.15) is 13.2 Å². The molecule has 1 fully saturated rings. The van der Waals surface area contributed by atoms with E-state index < -0.39 is 27.9 Å². The maximum absolute atomic E-state index is 12.9. The van der Waals surface area contributed by atoms with Crippen molar-refractivity contribution in [2.24, 2.45) is 5.92 Å². The molecule has 0 radical (unpaired) electrons. The van der Waals surface area contributed by atoms with Crippen molar-refractivity contribution in [2.45, 2.75) is 56.0 Å². The second-order valence-corrected chi connectivity index (χ2v) is 9.99. The Morgan fingerprint density at radius 1 is 1.31 bits per heavy atom. The van der Waals surface area contributed by atoms with Gasteiger partial charge in [-0.3, -0.25) is 0 Å². The van der Waals surface area contributed by atoms with Gasteiger partial charge in [0.15, 0.2) is 5.03 Å². The average Bonchev–Trinajstić information content (AvgIpc) is 3.01. The Morgan fingerprint density at radius 3 is 2.48 bits per heavy atom. The van der Waals surface area contributed by atoms with Crippen molar-refractivity contribution in [1.82, 2.24) is 9.97 Å². The molecule has 0 saturated heterocycles. The van der Waals surface area contributed by atoms with E-state index in [0.29, 0.717) is 22.1 Å². The van der Waals surface area contributed by atoms with Crippen molar-refractivity contribution in [1.29, 1.82) is 4.78 Å². The number of alkyl halides is 3. The van der Waals surface area contributed by atoms with Crippen molar-refractivity contribution in [2.75, 3.05) is 6.26 Å². The summed E-state index contributed by atoms with van der Waals surface area (Å²) in [5.41, 5.74) is 1.18. The maximum atomic E-state index is 12.9. The van der Waals surface area contributed by atoms with Gasteiger partial charge in [0.2, 0.25) is 0 Å². The van der Waals surface area contributed by atoms with Gasteiger partial charge in [-0.15, -0.1) is 0 Å². The van der Waals surface area contributed by atoms with Crippen molar-refractivity contribution >= 4 is 21.3 Å². The first kappa shape index (κ1) is 22.1. The van der Waals surface area contributed by atoms with Gasteiger partial charge < -0.3 is 9.72 Å². The number of ether oxygens (including phenoxy) is 1. The standard InChI is InChI=1S/C19H23ClF3N3O2S/c1-11-18(29(2,24)27)26-17(25-11)16(12-4-3-5-14(20)10-12)28-15-8-6-13(7-9-15)19(21,22)23/h3-5,10,13,15-16,24H,6-9H2,1-2H3,(H,25,26)/t13?,15?,16?,29-/m1/s1. The highest BCUT2D eigenvalue weighted by molar-refractivity contribution is 7.91. The minimum absolute atomic E-state index is 0.0222. The van der Waals surface area contributed by atoms with Gasteiger partial charge in [0, 0.05) is 17.0 Å². The molecule has 2 atom stereocenters. The molecule has 29 heavy (non-hydrogen) atoms. The van der Waals surface area contributed by atoms with Crippen LogP contribution in [-0.2, 0) is 14.5 Å². The lowest BCUT2D eigenvalue weighted by molar-refractivity contribution is -0.188. The van der Waals surface area contributed by atoms with Crippen LogP contribution in [0.5, 0.6) is 0 Å². The number of aromatic nitrogens is 2. The van der Waals surface area contributed by atoms with E-state index >= 15 is 0 Å². The number of hydrogen-bond donors (Lipinski definition) is 2. The summed E-state index contributed by atoms with van der Waals surface area (Å²) in [6.45, 7) is 1.67. The highest BCUT2D eigenvalue weighted by Gasteiger charge is 2.42. The molecule has 5 nitrogen and oxygen atoms in total. The van der Waals surface area contributed by atoms with Gasteiger partial charge in [0.05, 0.1) is 21.8 Å². The molecule has 0 aliphatic heterocycles. The van der Waals surface area contributed by atoms with E-state index in [1.807, 2.05) is 0 Å². The molecule has 1 aromatic heterocycles. The summed E-state index contributed by atoms with van der Waals surface area (Å²) in [7, 11) is -3.04. The molecule has 1 heterocycles. The monoisotopic (exact) mass is 449 g/mol. The highest BCUT2D eigenvalue weighted by atomic mass is 35.5. The zero-order chi connectivity index (χ0) is 21.4. The molecule has 160 valence electrons. The van der Waals surface area contributed by atoms with E-state index in [-0.39, 0.29) is 36.8 Å². The predicted octanol–water partition coefficient (Wildman–Crippen LogP) is 5.63. The molecule has 1 aromatic carbocycles. The third-order valence-corrected chi connectivity index (χ3v) is 6.46. The first-order valence-electron chi connectivity index (χ1n) is 9.23. The van der Waals surface area contributed by atoms with Gasteiger partial charge >= 0.3 is 6.18 Å². The van der Waals surface area contributed by atoms with Crippen LogP contribution >= 0.6 is 11.6 Å². The van der Waals surface area contributed by atoms with Gasteiger partial charge in [-0.25, -0.2) is 14.0 Å². The average molecular weight is 450 g/mol. The molecule has 1 saturated carbocycles. The number of rotatable bonds is 5. The van der Waals surface area contributed by atoms with Crippen LogP contribution in [0.25, 0.3) is 0 Å². The van der Waals surface area contributed by atoms with Gasteiger partial charge in [0.25, 0.3) is 0 Å². The second-order valence-electron chi connectivity index (χ2n) is 7.48. The van der Waals surface area contributed by atoms with E-state index in [2.05, 4.69) is 9.97 Å². The van der Waals surface area contributed by atoms with Gasteiger partial charge in [0.1, 0.15) is 11.9 Å². The van der Waals surface area contributed by atoms with Crippen molar-refractivity contribution in [3.63, 3.8) is 0 Å². The fraction of sp³-hybridized carbons (Fsp3) is 0.526. The molecule has 1 aliphatic rings. The third-order valence-electron chi connectivity index (χ3n) is 5.09. The first-order valence-corrected chi connectivity index (χ1v) is 11.6. The topological polar surface area (TPSA) is 78.8 Å². The number of halogens is 4. The fourth-order valence-corrected chi connectivity index (χ4v) is 4.77. The molecular weight excluding hydrogens is 427 g/mol. The van der Waals surface area contributed by atoms with Crippen LogP contribution in [0.1, 0.15) is 48.9 Å². The Morgan fingerprint density at radius 2 is 1.97 bits per heavy atom. The van der Waals surface area contributed by atoms with Crippen molar-refractivity contribution in [3.8, 4) is 0 Å². The number of hydrogen-bond acceptors (Lipinski definition) is 4. The molecule has 0 amide bonds. The Labute approximate surface area is 173 Å². The van der Waals surface area contributed by atoms with Crippen LogP contribution in [0, 0.1) is 17.6 Å². The summed E-state index contributed by atoms with van der Waals surface area (Å²) in [5, 5.41) is 0.629. The van der Waals surface area contributed by atoms with Crippen LogP contribution < -0.4 is 0 Å². The molecule has 0 spiro atoms. The summed E-state index contributed by atoms with van der Waals surface area (Å²) in [6, 6.07) is 6.95. The minimum atomic E-state index is -4.18. The number of benzene rings is 1. The van der Waals surface area contributed by atoms with Crippen molar-refractivity contribution < 1.29 is 22.1 Å². The molecule has 0 bridgehead atoms. The lowest BCUT2D eigenvalue weighted by Gasteiger charge is -2.32. The zero-order valence-electron chi connectivity index (χ0n) is 16.1. The van der Waals surface area contributed by atoms with E-state index in [1.54, 1.807) is 31.2 Å². The van der Waals surface area contributed by atoms with E-state index in [0.717, 1.165) is 0 Å². The normalized spacial score (nSPS) is 23.5. The quantitative estimate of drug-likeness (QED) is 0.620. The molecule has 3 rings (SSSR count). The summed E-state index contributed by atoms with van der Waals surface area (Å²) in [4.78, 5) is 7.37. The third kappa shape index (κ3) is 5.32. The Bertz CT molecular complexity index is 967. The number of aromatic amines is 1. The van der Waals surface area contributed by atoms with Gasteiger partial charge in [-0.1, -0.05) is 23.7 Å². The van der Waals surface area contributed by atoms with Crippen LogP contribution in [0.3, 0.4) is 0 Å². The number of nitrogens with one attached hydrogen (secondary N) is 2. The smallest absolute Gasteiger partial charge is 0.362 e. The van der Waals surface area contributed by atoms with Crippen LogP contribution in [0.15, 0.2) is 29.3 Å². The molecule has 10 heteroatoms. The SMILES string of the molecule is Cc1[nH]c(C(OC2CCC(C(F)(F)F)CC2)c2cccc(Cl)c2)nc1[S@](C)(=N)=O. The summed E-state index contributed by atoms with van der Waals surface area (Å²) in [5.74, 6) is -0.933. The van der Waals surface area contributed by atoms with Crippen LogP contribution in [-0.4, -0.2) is 32.7 Å². The number of imidazole rings is 1. The maximum Gasteiger partial charge on any atom is 0.391 e. The van der Waals surface area contributed by atoms with E-state index in [9.17, 15) is 17.4 Å². The lowest BCUT2D eigenvalue weighted by atomic mass is 9.87. The number of aryl methyl sites for hydroxylation is 1. The minimum Gasteiger partial charge on any atom is -0.362 e. The molecule has 1 aliphatic carbocycles. The van der Waals surface area contributed by atoms with Crippen LogP contribution in [0.4, 0.5) is 13.2 Å². The Hall–Kier alpha value is -1.58. The first-order chi connectivity index (χ1) is 13.4. The summed E-state index contributed by atoms with van der Waals surface area (Å²) >= 11 is 6.11. The van der Waals surface area contributed by atoms with E-state index in [4.69, 9.17) is 21.1 Å². The summed E-state index contributed by atoms with van der Waals surface area (Å²) < 4.78 is 65.0. The second kappa shape index (κ2) is 8.28. The lowest BCUT2D eigenvalue weighted by Crippen LogP contribution is -2.31. The Balaban J connectivity index is 1.88.